The molecule has 2 aliphatic heterocycles. The van der Waals surface area contributed by atoms with E-state index < -0.39 is 0 Å². The van der Waals surface area contributed by atoms with Crippen LogP contribution in [0.15, 0.2) is 30.3 Å². The van der Waals surface area contributed by atoms with Crippen molar-refractivity contribution in [2.75, 3.05) is 30.4 Å². The Morgan fingerprint density at radius 3 is 2.89 bits per heavy atom. The van der Waals surface area contributed by atoms with Crippen LogP contribution in [0.25, 0.3) is 21.9 Å². The van der Waals surface area contributed by atoms with Crippen LogP contribution >= 0.6 is 0 Å². The zero-order valence-electron chi connectivity index (χ0n) is 19.1. The average molecular weight is 474 g/mol. The molecule has 4 aromatic rings. The standard InChI is InChI=1S/C25H24FN7O2/c1-28-17-7-13(26)6-16-19-21(30-20(16)17)31-24(32-22(19)33-10-18(27)25(11-33)4-5-25)35-14-3-2-12-9-29-23(34)15(12)8-14/h2-3,6-8,18,28H,4-5,9-11,27H2,1H3,(H,29,34)(H,30,31,32)/t18-/m0/s1. The van der Waals surface area contributed by atoms with E-state index in [1.165, 1.54) is 12.1 Å². The quantitative estimate of drug-likeness (QED) is 0.359. The normalized spacial score (nSPS) is 20.0. The van der Waals surface area contributed by atoms with Crippen molar-refractivity contribution in [1.29, 1.82) is 0 Å². The minimum atomic E-state index is -0.345. The van der Waals surface area contributed by atoms with E-state index in [0.29, 0.717) is 46.9 Å². The van der Waals surface area contributed by atoms with E-state index >= 15 is 0 Å². The highest BCUT2D eigenvalue weighted by Gasteiger charge is 2.54. The number of amides is 1. The van der Waals surface area contributed by atoms with E-state index in [0.717, 1.165) is 35.9 Å². The van der Waals surface area contributed by atoms with Gasteiger partial charge >= 0.3 is 6.01 Å². The Kier molecular flexibility index (Phi) is 4.12. The van der Waals surface area contributed by atoms with Crippen molar-refractivity contribution in [2.24, 2.45) is 11.1 Å². The van der Waals surface area contributed by atoms with Crippen LogP contribution in [0.1, 0.15) is 28.8 Å². The Labute approximate surface area is 199 Å². The number of fused-ring (bicyclic) bond motifs is 4. The van der Waals surface area contributed by atoms with Gasteiger partial charge in [0.1, 0.15) is 23.0 Å². The molecule has 1 aliphatic carbocycles. The van der Waals surface area contributed by atoms with Crippen molar-refractivity contribution < 1.29 is 13.9 Å². The van der Waals surface area contributed by atoms with Gasteiger partial charge in [0.2, 0.25) is 0 Å². The predicted octanol–water partition coefficient (Wildman–Crippen LogP) is 3.26. The monoisotopic (exact) mass is 473 g/mol. The second kappa shape index (κ2) is 7.05. The molecule has 0 bridgehead atoms. The van der Waals surface area contributed by atoms with Gasteiger partial charge in [0.15, 0.2) is 0 Å². The third-order valence-electron chi connectivity index (χ3n) is 7.63. The Hall–Kier alpha value is -3.92. The fraction of sp³-hybridized carbons (Fsp3) is 0.320. The second-order valence-corrected chi connectivity index (χ2v) is 9.76. The van der Waals surface area contributed by atoms with E-state index in [1.54, 1.807) is 19.2 Å². The maximum Gasteiger partial charge on any atom is 0.325 e. The number of anilines is 2. The largest absolute Gasteiger partial charge is 0.424 e. The molecule has 178 valence electrons. The molecule has 35 heavy (non-hydrogen) atoms. The zero-order valence-corrected chi connectivity index (χ0v) is 19.1. The average Bonchev–Trinajstić information content (AvgIpc) is 3.25. The summed E-state index contributed by atoms with van der Waals surface area (Å²) in [5.74, 6) is 0.672. The van der Waals surface area contributed by atoms with Crippen LogP contribution in [-0.4, -0.2) is 47.0 Å². The lowest BCUT2D eigenvalue weighted by Gasteiger charge is -2.19. The zero-order chi connectivity index (χ0) is 23.9. The summed E-state index contributed by atoms with van der Waals surface area (Å²) in [7, 11) is 1.75. The van der Waals surface area contributed by atoms with Crippen LogP contribution in [-0.2, 0) is 6.54 Å². The lowest BCUT2D eigenvalue weighted by molar-refractivity contribution is 0.0965. The van der Waals surface area contributed by atoms with Crippen LogP contribution in [0.2, 0.25) is 0 Å². The molecule has 0 radical (unpaired) electrons. The first kappa shape index (κ1) is 20.5. The molecule has 10 heteroatoms. The third kappa shape index (κ3) is 3.06. The molecule has 1 saturated carbocycles. The van der Waals surface area contributed by atoms with Crippen molar-refractivity contribution in [3.63, 3.8) is 0 Å². The van der Waals surface area contributed by atoms with E-state index in [4.69, 9.17) is 15.5 Å². The lowest BCUT2D eigenvalue weighted by atomic mass is 10.0. The van der Waals surface area contributed by atoms with Crippen molar-refractivity contribution in [3.05, 3.63) is 47.3 Å². The summed E-state index contributed by atoms with van der Waals surface area (Å²) in [6.07, 6.45) is 2.21. The molecule has 1 amide bonds. The van der Waals surface area contributed by atoms with Gasteiger partial charge < -0.3 is 31.0 Å². The third-order valence-corrected chi connectivity index (χ3v) is 7.63. The SMILES string of the molecule is CNc1cc(F)cc2c1[nH]c1nc(Oc3ccc4c(c3)C(=O)NC4)nc(N3C[C@H](N)C4(CC4)C3)c12. The molecule has 4 heterocycles. The van der Waals surface area contributed by atoms with Gasteiger partial charge in [0.25, 0.3) is 5.91 Å². The Balaban J connectivity index is 1.39. The fourth-order valence-corrected chi connectivity index (χ4v) is 5.50. The molecule has 2 aromatic heterocycles. The molecular weight excluding hydrogens is 449 g/mol. The number of halogens is 1. The highest BCUT2D eigenvalue weighted by Crippen LogP contribution is 2.53. The number of hydrogen-bond donors (Lipinski definition) is 4. The number of nitrogens with zero attached hydrogens (tertiary/aromatic N) is 3. The summed E-state index contributed by atoms with van der Waals surface area (Å²) in [6, 6.07) is 8.53. The number of benzene rings is 2. The summed E-state index contributed by atoms with van der Waals surface area (Å²) in [5, 5.41) is 7.30. The number of nitrogens with one attached hydrogen (secondary N) is 3. The van der Waals surface area contributed by atoms with Gasteiger partial charge in [-0.15, -0.1) is 0 Å². The van der Waals surface area contributed by atoms with Crippen LogP contribution in [0.5, 0.6) is 11.8 Å². The molecule has 9 nitrogen and oxygen atoms in total. The van der Waals surface area contributed by atoms with Crippen molar-refractivity contribution >= 4 is 39.3 Å². The van der Waals surface area contributed by atoms with E-state index in [1.807, 2.05) is 6.07 Å². The van der Waals surface area contributed by atoms with Crippen molar-refractivity contribution in [3.8, 4) is 11.8 Å². The molecule has 0 unspecified atom stereocenters. The van der Waals surface area contributed by atoms with Gasteiger partial charge in [0, 0.05) is 49.1 Å². The molecule has 1 spiro atoms. The van der Waals surface area contributed by atoms with Gasteiger partial charge in [0.05, 0.1) is 16.6 Å². The van der Waals surface area contributed by atoms with Crippen LogP contribution in [0, 0.1) is 11.2 Å². The van der Waals surface area contributed by atoms with Crippen LogP contribution in [0.3, 0.4) is 0 Å². The summed E-state index contributed by atoms with van der Waals surface area (Å²) in [4.78, 5) is 27.0. The van der Waals surface area contributed by atoms with E-state index in [2.05, 4.69) is 25.5 Å². The number of hydrogen-bond acceptors (Lipinski definition) is 7. The molecule has 1 saturated heterocycles. The molecule has 2 aromatic carbocycles. The summed E-state index contributed by atoms with van der Waals surface area (Å²) in [6.45, 7) is 1.96. The van der Waals surface area contributed by atoms with Crippen molar-refractivity contribution in [2.45, 2.75) is 25.4 Å². The van der Waals surface area contributed by atoms with Gasteiger partial charge in [-0.25, -0.2) is 4.39 Å². The number of carbonyl (C=O) groups excluding carboxylic acids is 1. The smallest absolute Gasteiger partial charge is 0.325 e. The summed E-state index contributed by atoms with van der Waals surface area (Å²) in [5.41, 5.74) is 10.1. The second-order valence-electron chi connectivity index (χ2n) is 9.76. The van der Waals surface area contributed by atoms with Crippen molar-refractivity contribution in [1.82, 2.24) is 20.3 Å². The molecule has 5 N–H and O–H groups in total. The first-order valence-corrected chi connectivity index (χ1v) is 11.7. The molecule has 7 rings (SSSR count). The lowest BCUT2D eigenvalue weighted by Crippen LogP contribution is -2.30. The topological polar surface area (TPSA) is 121 Å². The molecular formula is C25H24FN7O2. The van der Waals surface area contributed by atoms with Gasteiger partial charge in [-0.05, 0) is 42.7 Å². The summed E-state index contributed by atoms with van der Waals surface area (Å²) < 4.78 is 20.6. The number of aromatic amines is 1. The summed E-state index contributed by atoms with van der Waals surface area (Å²) >= 11 is 0. The molecule has 1 atom stereocenters. The number of rotatable bonds is 4. The van der Waals surface area contributed by atoms with Gasteiger partial charge in [-0.3, -0.25) is 4.79 Å². The van der Waals surface area contributed by atoms with Crippen LogP contribution < -0.4 is 26.0 Å². The molecule has 2 fully saturated rings. The number of carbonyl (C=O) groups is 1. The van der Waals surface area contributed by atoms with Gasteiger partial charge in [-0.1, -0.05) is 6.07 Å². The van der Waals surface area contributed by atoms with Gasteiger partial charge in [-0.2, -0.15) is 9.97 Å². The Morgan fingerprint density at radius 1 is 1.26 bits per heavy atom. The van der Waals surface area contributed by atoms with E-state index in [9.17, 15) is 9.18 Å². The minimum Gasteiger partial charge on any atom is -0.424 e. The number of H-pyrrole nitrogens is 1. The fourth-order valence-electron chi connectivity index (χ4n) is 5.50. The molecule has 3 aliphatic rings. The highest BCUT2D eigenvalue weighted by atomic mass is 19.1. The minimum absolute atomic E-state index is 0.0573. The first-order valence-electron chi connectivity index (χ1n) is 11.7. The Bertz CT molecular complexity index is 1540. The van der Waals surface area contributed by atoms with E-state index in [-0.39, 0.29) is 29.2 Å². The first-order chi connectivity index (χ1) is 16.9. The Morgan fingerprint density at radius 2 is 2.11 bits per heavy atom. The number of nitrogens with two attached hydrogens (primary N) is 1. The number of ether oxygens (including phenoxy) is 1. The van der Waals surface area contributed by atoms with Crippen LogP contribution in [0.4, 0.5) is 15.9 Å². The highest BCUT2D eigenvalue weighted by molar-refractivity contribution is 6.14. The number of aromatic nitrogens is 3. The maximum atomic E-state index is 14.5. The maximum absolute atomic E-state index is 14.5. The predicted molar refractivity (Wildman–Crippen MR) is 130 cm³/mol.